The number of ether oxygens (including phenoxy) is 5. The molecule has 4 aliphatic heterocycles. The maximum atomic E-state index is 6.24. The number of fused-ring (bicyclic) bond motifs is 7. The van der Waals surface area contributed by atoms with Gasteiger partial charge < -0.3 is 28.5 Å². The lowest BCUT2D eigenvalue weighted by molar-refractivity contribution is -0.210. The van der Waals surface area contributed by atoms with Crippen molar-refractivity contribution in [2.75, 3.05) is 6.61 Å². The molecule has 0 N–H and O–H groups in total. The summed E-state index contributed by atoms with van der Waals surface area (Å²) in [7, 11) is 0. The van der Waals surface area contributed by atoms with Gasteiger partial charge in [-0.25, -0.2) is 0 Å². The molecular formula is C18H21NO6. The molecule has 5 atom stereocenters. The topological polar surface area (TPSA) is 67.7 Å². The van der Waals surface area contributed by atoms with E-state index in [1.807, 2.05) is 38.1 Å². The van der Waals surface area contributed by atoms with E-state index in [9.17, 15) is 0 Å². The Hall–Kier alpha value is -1.67. The molecule has 2 saturated heterocycles. The zero-order chi connectivity index (χ0) is 17.0. The number of hydrogen-bond acceptors (Lipinski definition) is 7. The molecule has 7 nitrogen and oxygen atoms in total. The highest BCUT2D eigenvalue weighted by molar-refractivity contribution is 5.90. The van der Waals surface area contributed by atoms with Crippen molar-refractivity contribution in [3.05, 3.63) is 29.8 Å². The van der Waals surface area contributed by atoms with Crippen LogP contribution in [0.5, 0.6) is 5.75 Å². The van der Waals surface area contributed by atoms with Gasteiger partial charge in [-0.2, -0.15) is 0 Å². The van der Waals surface area contributed by atoms with Crippen molar-refractivity contribution in [3.8, 4) is 5.75 Å². The molecule has 0 spiro atoms. The predicted octanol–water partition coefficient (Wildman–Crippen LogP) is 1.99. The molecule has 25 heavy (non-hydrogen) atoms. The Morgan fingerprint density at radius 1 is 1.12 bits per heavy atom. The molecule has 134 valence electrons. The van der Waals surface area contributed by atoms with Crippen LogP contribution in [0.1, 0.15) is 25.8 Å². The predicted molar refractivity (Wildman–Crippen MR) is 86.1 cm³/mol. The van der Waals surface area contributed by atoms with Gasteiger partial charge in [0.05, 0.1) is 12.3 Å². The third-order valence-corrected chi connectivity index (χ3v) is 4.90. The first kappa shape index (κ1) is 15.6. The zero-order valence-electron chi connectivity index (χ0n) is 14.2. The molecule has 4 aliphatic rings. The first-order chi connectivity index (χ1) is 12.1. The molecule has 5 rings (SSSR count). The van der Waals surface area contributed by atoms with Crippen LogP contribution in [0.3, 0.4) is 0 Å². The van der Waals surface area contributed by atoms with Crippen LogP contribution in [-0.4, -0.2) is 48.8 Å². The molecule has 7 heteroatoms. The van der Waals surface area contributed by atoms with Crippen molar-refractivity contribution < 1.29 is 28.5 Å². The Morgan fingerprint density at radius 2 is 2.00 bits per heavy atom. The minimum Gasteiger partial charge on any atom is -0.489 e. The smallest absolute Gasteiger partial charge is 0.190 e. The lowest BCUT2D eigenvalue weighted by Crippen LogP contribution is -2.40. The van der Waals surface area contributed by atoms with Gasteiger partial charge >= 0.3 is 0 Å². The highest BCUT2D eigenvalue weighted by atomic mass is 16.8. The fourth-order valence-corrected chi connectivity index (χ4v) is 3.77. The molecular weight excluding hydrogens is 326 g/mol. The molecule has 2 bridgehead atoms. The van der Waals surface area contributed by atoms with Gasteiger partial charge in [-0.3, -0.25) is 0 Å². The second-order valence-electron chi connectivity index (χ2n) is 7.23. The van der Waals surface area contributed by atoms with Crippen LogP contribution in [0.15, 0.2) is 29.4 Å². The molecule has 0 aliphatic carbocycles. The molecule has 4 heterocycles. The number of oxime groups is 1. The Bertz CT molecular complexity index is 705. The molecule has 0 radical (unpaired) electrons. The number of nitrogens with zero attached hydrogens (tertiary/aromatic N) is 1. The van der Waals surface area contributed by atoms with Crippen LogP contribution in [0, 0.1) is 0 Å². The van der Waals surface area contributed by atoms with E-state index in [0.717, 1.165) is 17.0 Å². The molecule has 2 fully saturated rings. The molecule has 1 aromatic carbocycles. The second-order valence-corrected chi connectivity index (χ2v) is 7.23. The quantitative estimate of drug-likeness (QED) is 0.715. The molecule has 1 aromatic rings. The van der Waals surface area contributed by atoms with E-state index in [1.165, 1.54) is 0 Å². The maximum Gasteiger partial charge on any atom is 0.190 e. The Morgan fingerprint density at radius 3 is 2.92 bits per heavy atom. The monoisotopic (exact) mass is 347 g/mol. The first-order valence-corrected chi connectivity index (χ1v) is 8.65. The van der Waals surface area contributed by atoms with E-state index in [4.69, 9.17) is 28.5 Å². The Balaban J connectivity index is 1.47. The average molecular weight is 347 g/mol. The summed E-state index contributed by atoms with van der Waals surface area (Å²) < 4.78 is 30.1. The van der Waals surface area contributed by atoms with Gasteiger partial charge in [-0.15, -0.1) is 0 Å². The Kier molecular flexibility index (Phi) is 3.53. The van der Waals surface area contributed by atoms with E-state index in [0.29, 0.717) is 19.6 Å². The first-order valence-electron chi connectivity index (χ1n) is 8.65. The summed E-state index contributed by atoms with van der Waals surface area (Å²) in [6.07, 6.45) is -0.864. The van der Waals surface area contributed by atoms with Crippen molar-refractivity contribution in [1.29, 1.82) is 0 Å². The van der Waals surface area contributed by atoms with Gasteiger partial charge in [0.1, 0.15) is 30.7 Å². The van der Waals surface area contributed by atoms with Gasteiger partial charge in [0.25, 0.3) is 0 Å². The fraction of sp³-hybridized carbons (Fsp3) is 0.611. The van der Waals surface area contributed by atoms with E-state index in [2.05, 4.69) is 5.16 Å². The van der Waals surface area contributed by atoms with Crippen LogP contribution in [0.2, 0.25) is 0 Å². The minimum absolute atomic E-state index is 0.121. The van der Waals surface area contributed by atoms with Crippen LogP contribution < -0.4 is 4.74 Å². The molecule has 0 aromatic heterocycles. The summed E-state index contributed by atoms with van der Waals surface area (Å²) in [4.78, 5) is 5.52. The normalized spacial score (nSPS) is 38.5. The summed E-state index contributed by atoms with van der Waals surface area (Å²) in [5, 5.41) is 4.21. The second kappa shape index (κ2) is 5.67. The summed E-state index contributed by atoms with van der Waals surface area (Å²) in [6.45, 7) is 4.61. The van der Waals surface area contributed by atoms with E-state index in [1.54, 1.807) is 0 Å². The lowest BCUT2D eigenvalue weighted by Gasteiger charge is -2.25. The lowest BCUT2D eigenvalue weighted by atomic mass is 10.0. The summed E-state index contributed by atoms with van der Waals surface area (Å²) in [5.41, 5.74) is 1.81. The van der Waals surface area contributed by atoms with Gasteiger partial charge in [0, 0.05) is 12.0 Å². The number of rotatable bonds is 0. The minimum atomic E-state index is -0.687. The fourth-order valence-electron chi connectivity index (χ4n) is 3.77. The highest BCUT2D eigenvalue weighted by Gasteiger charge is 2.57. The highest BCUT2D eigenvalue weighted by Crippen LogP contribution is 2.41. The van der Waals surface area contributed by atoms with E-state index >= 15 is 0 Å². The number of benzene rings is 1. The SMILES string of the molecule is CC1(C)O[C@H]2O[C@@H]3C4=NOC(COc5ccccc5CO[C@@H]3[C@H]2O1)C4. The Labute approximate surface area is 145 Å². The number of hydrogen-bond donors (Lipinski definition) is 0. The summed E-state index contributed by atoms with van der Waals surface area (Å²) in [6, 6.07) is 7.87. The average Bonchev–Trinajstić information content (AvgIpc) is 3.23. The molecule has 0 amide bonds. The van der Waals surface area contributed by atoms with Crippen LogP contribution in [0.25, 0.3) is 0 Å². The third-order valence-electron chi connectivity index (χ3n) is 4.90. The van der Waals surface area contributed by atoms with Crippen molar-refractivity contribution in [2.45, 2.75) is 63.4 Å². The van der Waals surface area contributed by atoms with Crippen LogP contribution >= 0.6 is 0 Å². The zero-order valence-corrected chi connectivity index (χ0v) is 14.2. The van der Waals surface area contributed by atoms with E-state index < -0.39 is 12.1 Å². The standard InChI is InChI=1S/C18H21NO6/c1-18(2)23-16-15-14(22-17(16)24-18)12-7-11(25-19-12)9-20-13-6-4-3-5-10(13)8-21-15/h3-6,11,14-17H,7-9H2,1-2H3/t11?,14-,15+,16-,17-/m1/s1. The van der Waals surface area contributed by atoms with Crippen molar-refractivity contribution in [2.24, 2.45) is 5.16 Å². The van der Waals surface area contributed by atoms with E-state index in [-0.39, 0.29) is 24.4 Å². The van der Waals surface area contributed by atoms with Gasteiger partial charge in [0.15, 0.2) is 18.2 Å². The summed E-state index contributed by atoms with van der Waals surface area (Å²) >= 11 is 0. The maximum absolute atomic E-state index is 6.24. The van der Waals surface area contributed by atoms with Crippen LogP contribution in [0.4, 0.5) is 0 Å². The van der Waals surface area contributed by atoms with Crippen molar-refractivity contribution in [1.82, 2.24) is 0 Å². The summed E-state index contributed by atoms with van der Waals surface area (Å²) in [5.74, 6) is 0.116. The van der Waals surface area contributed by atoms with Crippen molar-refractivity contribution in [3.63, 3.8) is 0 Å². The van der Waals surface area contributed by atoms with Crippen molar-refractivity contribution >= 4 is 5.71 Å². The largest absolute Gasteiger partial charge is 0.489 e. The van der Waals surface area contributed by atoms with Crippen LogP contribution in [-0.2, 0) is 30.4 Å². The number of para-hydroxylation sites is 1. The molecule has 0 saturated carbocycles. The van der Waals surface area contributed by atoms with Gasteiger partial charge in [0.2, 0.25) is 0 Å². The molecule has 1 unspecified atom stereocenters. The van der Waals surface area contributed by atoms with Gasteiger partial charge in [-0.1, -0.05) is 23.4 Å². The third kappa shape index (κ3) is 2.71. The van der Waals surface area contributed by atoms with Gasteiger partial charge in [-0.05, 0) is 19.9 Å².